The van der Waals surface area contributed by atoms with Gasteiger partial charge in [-0.15, -0.1) is 0 Å². The van der Waals surface area contributed by atoms with Gasteiger partial charge in [-0.05, 0) is 37.9 Å². The van der Waals surface area contributed by atoms with E-state index in [1.54, 1.807) is 7.11 Å². The molecule has 0 spiro atoms. The van der Waals surface area contributed by atoms with Crippen molar-refractivity contribution in [3.63, 3.8) is 0 Å². The molecule has 0 aromatic heterocycles. The van der Waals surface area contributed by atoms with Crippen LogP contribution in [0.1, 0.15) is 25.3 Å². The Labute approximate surface area is 110 Å². The van der Waals surface area contributed by atoms with Crippen LogP contribution < -0.4 is 15.0 Å². The van der Waals surface area contributed by atoms with Gasteiger partial charge in [-0.25, -0.2) is 0 Å². The molecule has 0 amide bonds. The number of ether oxygens (including phenoxy) is 1. The first-order chi connectivity index (χ1) is 8.74. The third kappa shape index (κ3) is 2.96. The number of nitrogens with zero attached hydrogens (tertiary/aromatic N) is 1. The standard InChI is InChI=1S/C15H24N2O/c1-4-16-13-7-9-17(10-8-13)15-11-14(18-3)6-5-12(15)2/h5-6,11,13,16H,4,7-10H2,1-3H3. The maximum atomic E-state index is 5.32. The van der Waals surface area contributed by atoms with E-state index in [1.807, 2.05) is 6.07 Å². The summed E-state index contributed by atoms with van der Waals surface area (Å²) in [6.45, 7) is 7.68. The molecule has 0 bridgehead atoms. The lowest BCUT2D eigenvalue weighted by Crippen LogP contribution is -2.42. The zero-order valence-corrected chi connectivity index (χ0v) is 11.7. The highest BCUT2D eigenvalue weighted by molar-refractivity contribution is 5.57. The molecular weight excluding hydrogens is 224 g/mol. The second-order valence-electron chi connectivity index (χ2n) is 4.97. The molecule has 0 aliphatic carbocycles. The summed E-state index contributed by atoms with van der Waals surface area (Å²) in [5, 5.41) is 3.54. The van der Waals surface area contributed by atoms with Crippen LogP contribution in [0.15, 0.2) is 18.2 Å². The molecule has 1 aliphatic rings. The van der Waals surface area contributed by atoms with Crippen molar-refractivity contribution in [2.75, 3.05) is 31.6 Å². The van der Waals surface area contributed by atoms with E-state index in [0.29, 0.717) is 6.04 Å². The van der Waals surface area contributed by atoms with Crippen LogP contribution >= 0.6 is 0 Å². The Morgan fingerprint density at radius 3 is 2.67 bits per heavy atom. The van der Waals surface area contributed by atoms with Gasteiger partial charge in [-0.2, -0.15) is 0 Å². The van der Waals surface area contributed by atoms with E-state index in [4.69, 9.17) is 4.74 Å². The summed E-state index contributed by atoms with van der Waals surface area (Å²) in [6, 6.07) is 7.02. The van der Waals surface area contributed by atoms with Crippen LogP contribution in [0.5, 0.6) is 5.75 Å². The second-order valence-corrected chi connectivity index (χ2v) is 4.97. The van der Waals surface area contributed by atoms with Crippen LogP contribution in [0.25, 0.3) is 0 Å². The zero-order chi connectivity index (χ0) is 13.0. The third-order valence-electron chi connectivity index (χ3n) is 3.74. The largest absolute Gasteiger partial charge is 0.497 e. The highest BCUT2D eigenvalue weighted by Crippen LogP contribution is 2.27. The summed E-state index contributed by atoms with van der Waals surface area (Å²) < 4.78 is 5.32. The number of benzene rings is 1. The average molecular weight is 248 g/mol. The number of rotatable bonds is 4. The first kappa shape index (κ1) is 13.2. The predicted molar refractivity (Wildman–Crippen MR) is 76.6 cm³/mol. The molecule has 0 unspecified atom stereocenters. The second kappa shape index (κ2) is 6.10. The van der Waals surface area contributed by atoms with Gasteiger partial charge in [0.15, 0.2) is 0 Å². The molecule has 1 aromatic carbocycles. The Balaban J connectivity index is 2.04. The monoisotopic (exact) mass is 248 g/mol. The molecule has 3 heteroatoms. The number of piperidine rings is 1. The molecule has 18 heavy (non-hydrogen) atoms. The number of aryl methyl sites for hydroxylation is 1. The number of methoxy groups -OCH3 is 1. The van der Waals surface area contributed by atoms with Crippen molar-refractivity contribution >= 4 is 5.69 Å². The van der Waals surface area contributed by atoms with Crippen molar-refractivity contribution in [2.45, 2.75) is 32.7 Å². The summed E-state index contributed by atoms with van der Waals surface area (Å²) in [5.41, 5.74) is 2.65. The summed E-state index contributed by atoms with van der Waals surface area (Å²) in [6.07, 6.45) is 2.45. The van der Waals surface area contributed by atoms with Gasteiger partial charge in [0.05, 0.1) is 7.11 Å². The Hall–Kier alpha value is -1.22. The van der Waals surface area contributed by atoms with Crippen molar-refractivity contribution in [1.29, 1.82) is 0 Å². The quantitative estimate of drug-likeness (QED) is 0.886. The van der Waals surface area contributed by atoms with Crippen molar-refractivity contribution < 1.29 is 4.74 Å². The third-order valence-corrected chi connectivity index (χ3v) is 3.74. The Morgan fingerprint density at radius 2 is 2.06 bits per heavy atom. The lowest BCUT2D eigenvalue weighted by molar-refractivity contribution is 0.412. The fourth-order valence-corrected chi connectivity index (χ4v) is 2.67. The molecule has 0 atom stereocenters. The average Bonchev–Trinajstić information content (AvgIpc) is 2.41. The van der Waals surface area contributed by atoms with E-state index in [9.17, 15) is 0 Å². The fraction of sp³-hybridized carbons (Fsp3) is 0.600. The smallest absolute Gasteiger partial charge is 0.120 e. The minimum Gasteiger partial charge on any atom is -0.497 e. The molecule has 0 radical (unpaired) electrons. The molecule has 1 aromatic rings. The highest BCUT2D eigenvalue weighted by atomic mass is 16.5. The van der Waals surface area contributed by atoms with Crippen molar-refractivity contribution in [3.05, 3.63) is 23.8 Å². The Morgan fingerprint density at radius 1 is 1.33 bits per heavy atom. The Bertz CT molecular complexity index is 384. The molecule has 2 rings (SSSR count). The van der Waals surface area contributed by atoms with E-state index < -0.39 is 0 Å². The minimum absolute atomic E-state index is 0.692. The van der Waals surface area contributed by atoms with Gasteiger partial charge < -0.3 is 15.0 Å². The SMILES string of the molecule is CCNC1CCN(c2cc(OC)ccc2C)CC1. The number of nitrogens with one attached hydrogen (secondary N) is 1. The minimum atomic E-state index is 0.692. The summed E-state index contributed by atoms with van der Waals surface area (Å²) >= 11 is 0. The molecule has 1 heterocycles. The first-order valence-electron chi connectivity index (χ1n) is 6.87. The predicted octanol–water partition coefficient (Wildman–Crippen LogP) is 2.58. The maximum absolute atomic E-state index is 5.32. The summed E-state index contributed by atoms with van der Waals surface area (Å²) in [4.78, 5) is 2.48. The topological polar surface area (TPSA) is 24.5 Å². The van der Waals surface area contributed by atoms with Gasteiger partial charge >= 0.3 is 0 Å². The number of hydrogen-bond donors (Lipinski definition) is 1. The van der Waals surface area contributed by atoms with Crippen LogP contribution in [0, 0.1) is 6.92 Å². The molecular formula is C15H24N2O. The first-order valence-corrected chi connectivity index (χ1v) is 6.87. The molecule has 100 valence electrons. The molecule has 1 saturated heterocycles. The van der Waals surface area contributed by atoms with Crippen LogP contribution in [0.3, 0.4) is 0 Å². The summed E-state index contributed by atoms with van der Waals surface area (Å²) in [5.74, 6) is 0.949. The van der Waals surface area contributed by atoms with E-state index in [2.05, 4.69) is 36.2 Å². The fourth-order valence-electron chi connectivity index (χ4n) is 2.67. The molecule has 1 fully saturated rings. The molecule has 3 nitrogen and oxygen atoms in total. The maximum Gasteiger partial charge on any atom is 0.120 e. The van der Waals surface area contributed by atoms with E-state index in [-0.39, 0.29) is 0 Å². The molecule has 1 N–H and O–H groups in total. The summed E-state index contributed by atoms with van der Waals surface area (Å²) in [7, 11) is 1.73. The van der Waals surface area contributed by atoms with E-state index in [0.717, 1.165) is 25.4 Å². The van der Waals surface area contributed by atoms with Gasteiger partial charge in [-0.3, -0.25) is 0 Å². The van der Waals surface area contributed by atoms with Crippen LogP contribution in [0.4, 0.5) is 5.69 Å². The van der Waals surface area contributed by atoms with Crippen LogP contribution in [-0.2, 0) is 0 Å². The van der Waals surface area contributed by atoms with Gasteiger partial charge in [0.25, 0.3) is 0 Å². The van der Waals surface area contributed by atoms with Gasteiger partial charge in [0, 0.05) is 30.9 Å². The Kier molecular flexibility index (Phi) is 4.48. The lowest BCUT2D eigenvalue weighted by atomic mass is 10.0. The van der Waals surface area contributed by atoms with Gasteiger partial charge in [-0.1, -0.05) is 13.0 Å². The molecule has 0 saturated carbocycles. The van der Waals surface area contributed by atoms with Crippen molar-refractivity contribution in [1.82, 2.24) is 5.32 Å². The van der Waals surface area contributed by atoms with Crippen LogP contribution in [-0.4, -0.2) is 32.8 Å². The van der Waals surface area contributed by atoms with Gasteiger partial charge in [0.2, 0.25) is 0 Å². The lowest BCUT2D eigenvalue weighted by Gasteiger charge is -2.35. The normalized spacial score (nSPS) is 16.9. The van der Waals surface area contributed by atoms with Gasteiger partial charge in [0.1, 0.15) is 5.75 Å². The molecule has 1 aliphatic heterocycles. The van der Waals surface area contributed by atoms with Crippen LogP contribution in [0.2, 0.25) is 0 Å². The van der Waals surface area contributed by atoms with Crippen molar-refractivity contribution in [2.24, 2.45) is 0 Å². The number of anilines is 1. The van der Waals surface area contributed by atoms with E-state index in [1.165, 1.54) is 24.1 Å². The highest BCUT2D eigenvalue weighted by Gasteiger charge is 2.19. The van der Waals surface area contributed by atoms with E-state index >= 15 is 0 Å². The van der Waals surface area contributed by atoms with Crippen molar-refractivity contribution in [3.8, 4) is 5.75 Å². The number of hydrogen-bond acceptors (Lipinski definition) is 3. The zero-order valence-electron chi connectivity index (χ0n) is 11.7.